The van der Waals surface area contributed by atoms with Crippen LogP contribution in [0.3, 0.4) is 0 Å². The van der Waals surface area contributed by atoms with Gasteiger partial charge in [-0.2, -0.15) is 18.3 Å². The molecule has 0 unspecified atom stereocenters. The quantitative estimate of drug-likeness (QED) is 0.834. The lowest BCUT2D eigenvalue weighted by molar-refractivity contribution is -0.142. The predicted molar refractivity (Wildman–Crippen MR) is 96.3 cm³/mol. The third-order valence-electron chi connectivity index (χ3n) is 4.36. The molecule has 3 rings (SSSR count). The van der Waals surface area contributed by atoms with E-state index in [4.69, 9.17) is 11.6 Å². The number of hydrogen-bond donors (Lipinski definition) is 1. The summed E-state index contributed by atoms with van der Waals surface area (Å²) in [5.74, 6) is 0. The highest BCUT2D eigenvalue weighted by Gasteiger charge is 2.39. The van der Waals surface area contributed by atoms with Gasteiger partial charge in [-0.1, -0.05) is 11.6 Å². The van der Waals surface area contributed by atoms with Crippen LogP contribution in [0.15, 0.2) is 30.5 Å². The third-order valence-corrected chi connectivity index (χ3v) is 4.61. The van der Waals surface area contributed by atoms with Gasteiger partial charge in [0.25, 0.3) is 0 Å². The molecule has 0 atom stereocenters. The molecule has 2 aromatic rings. The molecular weight excluding hydrogens is 383 g/mol. The molecule has 0 bridgehead atoms. The Balaban J connectivity index is 1.87. The van der Waals surface area contributed by atoms with Crippen LogP contribution in [0.4, 0.5) is 23.7 Å². The lowest BCUT2D eigenvalue weighted by Crippen LogP contribution is -2.38. The summed E-state index contributed by atoms with van der Waals surface area (Å²) in [5, 5.41) is 6.60. The van der Waals surface area contributed by atoms with Crippen LogP contribution >= 0.6 is 11.6 Å². The van der Waals surface area contributed by atoms with Gasteiger partial charge in [-0.15, -0.1) is 0 Å². The maximum absolute atomic E-state index is 13.7. The Hall–Kier alpha value is -2.26. The van der Waals surface area contributed by atoms with Crippen LogP contribution in [0.2, 0.25) is 5.02 Å². The monoisotopic (exact) mass is 401 g/mol. The van der Waals surface area contributed by atoms with E-state index in [0.29, 0.717) is 24.7 Å². The summed E-state index contributed by atoms with van der Waals surface area (Å²) in [4.78, 5) is 16.1. The van der Waals surface area contributed by atoms with E-state index < -0.39 is 17.9 Å². The van der Waals surface area contributed by atoms with Crippen LogP contribution in [-0.2, 0) is 6.18 Å². The van der Waals surface area contributed by atoms with Crippen molar-refractivity contribution in [2.75, 3.05) is 38.5 Å². The molecule has 146 valence electrons. The molecule has 10 heteroatoms. The van der Waals surface area contributed by atoms with E-state index in [1.165, 1.54) is 29.2 Å². The Morgan fingerprint density at radius 1 is 1.15 bits per heavy atom. The van der Waals surface area contributed by atoms with Crippen LogP contribution in [0, 0.1) is 0 Å². The van der Waals surface area contributed by atoms with Gasteiger partial charge in [0.05, 0.1) is 17.6 Å². The molecule has 27 heavy (non-hydrogen) atoms. The number of alkyl halides is 3. The van der Waals surface area contributed by atoms with Gasteiger partial charge in [-0.05, 0) is 44.3 Å². The zero-order chi connectivity index (χ0) is 19.6. The summed E-state index contributed by atoms with van der Waals surface area (Å²) in [6.45, 7) is 2.45. The average Bonchev–Trinajstić information content (AvgIpc) is 2.90. The number of hydrogen-bond acceptors (Lipinski definition) is 3. The number of carbonyl (C=O) groups excluding carboxylic acids is 1. The zero-order valence-corrected chi connectivity index (χ0v) is 15.4. The van der Waals surface area contributed by atoms with E-state index in [-0.39, 0.29) is 11.4 Å². The molecule has 1 aromatic carbocycles. The minimum absolute atomic E-state index is 0.198. The van der Waals surface area contributed by atoms with Crippen LogP contribution < -0.4 is 5.32 Å². The number of nitrogens with zero attached hydrogens (tertiary/aromatic N) is 4. The maximum Gasteiger partial charge on any atom is 0.435 e. The van der Waals surface area contributed by atoms with Crippen molar-refractivity contribution >= 4 is 23.3 Å². The molecule has 6 nitrogen and oxygen atoms in total. The molecule has 0 aliphatic carbocycles. The van der Waals surface area contributed by atoms with Crippen molar-refractivity contribution in [3.63, 3.8) is 0 Å². The lowest BCUT2D eigenvalue weighted by atomic mass is 10.3. The van der Waals surface area contributed by atoms with Gasteiger partial charge in [0.15, 0.2) is 5.69 Å². The van der Waals surface area contributed by atoms with Crippen molar-refractivity contribution in [2.24, 2.45) is 0 Å². The average molecular weight is 402 g/mol. The number of amides is 2. The van der Waals surface area contributed by atoms with Gasteiger partial charge in [0.2, 0.25) is 0 Å². The standard InChI is InChI=1S/C17H19ClF3N5O/c1-24-7-2-8-25(10-9-24)16(27)23-14-11-22-26(15(14)17(19,20)21)13-5-3-12(18)4-6-13/h3-6,11H,2,7-10H2,1H3,(H,23,27). The highest BCUT2D eigenvalue weighted by molar-refractivity contribution is 6.30. The second-order valence-corrected chi connectivity index (χ2v) is 6.80. The van der Waals surface area contributed by atoms with Crippen molar-refractivity contribution in [3.8, 4) is 5.69 Å². The summed E-state index contributed by atoms with van der Waals surface area (Å²) < 4.78 is 41.7. The topological polar surface area (TPSA) is 53.4 Å². The number of rotatable bonds is 2. The molecular formula is C17H19ClF3N5O. The van der Waals surface area contributed by atoms with E-state index in [2.05, 4.69) is 15.3 Å². The van der Waals surface area contributed by atoms with E-state index in [0.717, 1.165) is 23.8 Å². The molecule has 2 amide bonds. The number of anilines is 1. The first-order chi connectivity index (χ1) is 12.8. The van der Waals surface area contributed by atoms with E-state index in [1.54, 1.807) is 0 Å². The van der Waals surface area contributed by atoms with Crippen molar-refractivity contribution in [1.82, 2.24) is 19.6 Å². The van der Waals surface area contributed by atoms with Crippen molar-refractivity contribution in [2.45, 2.75) is 12.6 Å². The van der Waals surface area contributed by atoms with Gasteiger partial charge >= 0.3 is 12.2 Å². The summed E-state index contributed by atoms with van der Waals surface area (Å²) in [6, 6.07) is 5.25. The number of carbonyl (C=O) groups is 1. The summed E-state index contributed by atoms with van der Waals surface area (Å²) >= 11 is 5.79. The fraction of sp³-hybridized carbons (Fsp3) is 0.412. The highest BCUT2D eigenvalue weighted by Crippen LogP contribution is 2.36. The van der Waals surface area contributed by atoms with Crippen LogP contribution in [-0.4, -0.2) is 58.8 Å². The summed E-state index contributed by atoms with van der Waals surface area (Å²) in [5.41, 5.74) is -1.21. The molecule has 1 N–H and O–H groups in total. The molecule has 1 aromatic heterocycles. The molecule has 0 spiro atoms. The van der Waals surface area contributed by atoms with Gasteiger partial charge in [-0.3, -0.25) is 0 Å². The van der Waals surface area contributed by atoms with Crippen LogP contribution in [0.25, 0.3) is 5.69 Å². The molecule has 1 saturated heterocycles. The second kappa shape index (κ2) is 7.77. The smallest absolute Gasteiger partial charge is 0.323 e. The van der Waals surface area contributed by atoms with Gasteiger partial charge in [-0.25, -0.2) is 9.48 Å². The number of urea groups is 1. The fourth-order valence-electron chi connectivity index (χ4n) is 2.93. The first kappa shape index (κ1) is 19.5. The Bertz CT molecular complexity index is 806. The highest BCUT2D eigenvalue weighted by atomic mass is 35.5. The normalized spacial score (nSPS) is 16.3. The van der Waals surface area contributed by atoms with E-state index in [9.17, 15) is 18.0 Å². The third kappa shape index (κ3) is 4.54. The largest absolute Gasteiger partial charge is 0.435 e. The van der Waals surface area contributed by atoms with Gasteiger partial charge in [0.1, 0.15) is 0 Å². The molecule has 2 heterocycles. The number of aromatic nitrogens is 2. The van der Waals surface area contributed by atoms with Crippen LogP contribution in [0.5, 0.6) is 0 Å². The van der Waals surface area contributed by atoms with Crippen molar-refractivity contribution in [1.29, 1.82) is 0 Å². The van der Waals surface area contributed by atoms with E-state index >= 15 is 0 Å². The second-order valence-electron chi connectivity index (χ2n) is 6.37. The van der Waals surface area contributed by atoms with Crippen LogP contribution in [0.1, 0.15) is 12.1 Å². The number of halogens is 4. The Morgan fingerprint density at radius 3 is 2.52 bits per heavy atom. The number of nitrogens with one attached hydrogen (secondary N) is 1. The Labute approximate surface area is 159 Å². The maximum atomic E-state index is 13.7. The summed E-state index contributed by atoms with van der Waals surface area (Å²) in [6.07, 6.45) is -2.92. The van der Waals surface area contributed by atoms with Gasteiger partial charge in [0, 0.05) is 24.7 Å². The van der Waals surface area contributed by atoms with Crippen molar-refractivity contribution < 1.29 is 18.0 Å². The zero-order valence-electron chi connectivity index (χ0n) is 14.6. The summed E-state index contributed by atoms with van der Waals surface area (Å²) in [7, 11) is 1.94. The number of likely N-dealkylation sites (N-methyl/N-ethyl adjacent to an activating group) is 1. The first-order valence-electron chi connectivity index (χ1n) is 8.41. The lowest BCUT2D eigenvalue weighted by Gasteiger charge is -2.21. The Morgan fingerprint density at radius 2 is 1.85 bits per heavy atom. The Kier molecular flexibility index (Phi) is 5.61. The molecule has 1 fully saturated rings. The first-order valence-corrected chi connectivity index (χ1v) is 8.79. The van der Waals surface area contributed by atoms with E-state index in [1.807, 2.05) is 7.05 Å². The minimum Gasteiger partial charge on any atom is -0.323 e. The SMILES string of the molecule is CN1CCCN(C(=O)Nc2cnn(-c3ccc(Cl)cc3)c2C(F)(F)F)CC1. The number of benzene rings is 1. The van der Waals surface area contributed by atoms with Gasteiger partial charge < -0.3 is 15.1 Å². The molecule has 1 aliphatic rings. The molecule has 1 aliphatic heterocycles. The van der Waals surface area contributed by atoms with Crippen molar-refractivity contribution in [3.05, 3.63) is 41.2 Å². The molecule has 0 radical (unpaired) electrons. The predicted octanol–water partition coefficient (Wildman–Crippen LogP) is 3.71. The minimum atomic E-state index is -4.70. The molecule has 0 saturated carbocycles. The fourth-order valence-corrected chi connectivity index (χ4v) is 3.06.